The zero-order chi connectivity index (χ0) is 14.8. The molecule has 0 aliphatic rings. The number of nitriles is 1. The van der Waals surface area contributed by atoms with Crippen LogP contribution in [0.15, 0.2) is 24.3 Å². The summed E-state index contributed by atoms with van der Waals surface area (Å²) in [5.41, 5.74) is 1.13. The number of methoxy groups -OCH3 is 1. The standard InChI is InChI=1S/C15H20N2O3/c1-12(17-10-3-4-15(18)19-2)13-5-7-14(8-6-13)20-11-9-16/h5-8,12,17H,3-4,10-11H2,1-2H3. The van der Waals surface area contributed by atoms with Crippen molar-refractivity contribution in [3.05, 3.63) is 29.8 Å². The first-order valence-corrected chi connectivity index (χ1v) is 6.57. The Labute approximate surface area is 119 Å². The van der Waals surface area contributed by atoms with Crippen LogP contribution in [0.2, 0.25) is 0 Å². The van der Waals surface area contributed by atoms with Gasteiger partial charge in [-0.15, -0.1) is 0 Å². The highest BCUT2D eigenvalue weighted by Gasteiger charge is 2.05. The second-order valence-corrected chi connectivity index (χ2v) is 4.37. The van der Waals surface area contributed by atoms with Crippen molar-refractivity contribution in [3.63, 3.8) is 0 Å². The average molecular weight is 276 g/mol. The number of carbonyl (C=O) groups is 1. The van der Waals surface area contributed by atoms with Crippen molar-refractivity contribution in [3.8, 4) is 11.8 Å². The van der Waals surface area contributed by atoms with E-state index >= 15 is 0 Å². The molecule has 1 aromatic carbocycles. The summed E-state index contributed by atoms with van der Waals surface area (Å²) in [6.07, 6.45) is 1.18. The van der Waals surface area contributed by atoms with Crippen LogP contribution >= 0.6 is 0 Å². The lowest BCUT2D eigenvalue weighted by molar-refractivity contribution is -0.140. The summed E-state index contributed by atoms with van der Waals surface area (Å²) in [7, 11) is 1.40. The monoisotopic (exact) mass is 276 g/mol. The molecule has 1 atom stereocenters. The molecule has 108 valence electrons. The predicted octanol–water partition coefficient (Wildman–Crippen LogP) is 2.19. The van der Waals surface area contributed by atoms with Crippen molar-refractivity contribution < 1.29 is 14.3 Å². The van der Waals surface area contributed by atoms with Crippen molar-refractivity contribution in [2.24, 2.45) is 0 Å². The molecule has 1 rings (SSSR count). The maximum Gasteiger partial charge on any atom is 0.305 e. The van der Waals surface area contributed by atoms with Crippen molar-refractivity contribution in [2.75, 3.05) is 20.3 Å². The molecule has 0 heterocycles. The molecule has 1 unspecified atom stereocenters. The molecule has 5 nitrogen and oxygen atoms in total. The van der Waals surface area contributed by atoms with E-state index in [4.69, 9.17) is 10.00 Å². The summed E-state index contributed by atoms with van der Waals surface area (Å²) in [6.45, 7) is 2.87. The molecule has 0 fully saturated rings. The summed E-state index contributed by atoms with van der Waals surface area (Å²) in [4.78, 5) is 11.0. The van der Waals surface area contributed by atoms with Gasteiger partial charge in [-0.25, -0.2) is 0 Å². The fourth-order valence-electron chi connectivity index (χ4n) is 1.74. The van der Waals surface area contributed by atoms with Gasteiger partial charge in [-0.1, -0.05) is 12.1 Å². The van der Waals surface area contributed by atoms with Crippen molar-refractivity contribution in [1.29, 1.82) is 5.26 Å². The second-order valence-electron chi connectivity index (χ2n) is 4.37. The molecule has 1 N–H and O–H groups in total. The maximum atomic E-state index is 11.0. The molecule has 0 aliphatic heterocycles. The Balaban J connectivity index is 2.34. The van der Waals surface area contributed by atoms with Gasteiger partial charge in [0, 0.05) is 12.5 Å². The molecule has 0 aromatic heterocycles. The molecule has 20 heavy (non-hydrogen) atoms. The molecule has 5 heteroatoms. The maximum absolute atomic E-state index is 11.0. The Hall–Kier alpha value is -2.06. The van der Waals surface area contributed by atoms with E-state index < -0.39 is 0 Å². The summed E-state index contributed by atoms with van der Waals surface area (Å²) in [5, 5.41) is 11.8. The molecule has 0 aliphatic carbocycles. The first kappa shape index (κ1) is 16.0. The van der Waals surface area contributed by atoms with Gasteiger partial charge >= 0.3 is 5.97 Å². The highest BCUT2D eigenvalue weighted by atomic mass is 16.5. The summed E-state index contributed by atoms with van der Waals surface area (Å²) >= 11 is 0. The van der Waals surface area contributed by atoms with E-state index in [2.05, 4.69) is 17.0 Å². The van der Waals surface area contributed by atoms with E-state index in [-0.39, 0.29) is 18.6 Å². The minimum Gasteiger partial charge on any atom is -0.479 e. The van der Waals surface area contributed by atoms with Crippen molar-refractivity contribution >= 4 is 5.97 Å². The molecular formula is C15H20N2O3. The normalized spacial score (nSPS) is 11.4. The van der Waals surface area contributed by atoms with Crippen LogP contribution in [0.1, 0.15) is 31.4 Å². The number of nitrogens with one attached hydrogen (secondary N) is 1. The van der Waals surface area contributed by atoms with Crippen molar-refractivity contribution in [2.45, 2.75) is 25.8 Å². The van der Waals surface area contributed by atoms with Crippen LogP contribution in [0.4, 0.5) is 0 Å². The number of rotatable bonds is 8. The van der Waals surface area contributed by atoms with Gasteiger partial charge < -0.3 is 14.8 Å². The quantitative estimate of drug-likeness (QED) is 0.582. The van der Waals surface area contributed by atoms with Gasteiger partial charge in [0.25, 0.3) is 0 Å². The number of hydrogen-bond donors (Lipinski definition) is 1. The Morgan fingerprint density at radius 1 is 1.40 bits per heavy atom. The van der Waals surface area contributed by atoms with Crippen LogP contribution < -0.4 is 10.1 Å². The van der Waals surface area contributed by atoms with Gasteiger partial charge in [-0.05, 0) is 37.6 Å². The minimum absolute atomic E-state index is 0.0562. The van der Waals surface area contributed by atoms with Crippen LogP contribution in [-0.4, -0.2) is 26.2 Å². The van der Waals surface area contributed by atoms with E-state index in [0.29, 0.717) is 12.2 Å². The van der Waals surface area contributed by atoms with E-state index in [1.165, 1.54) is 7.11 Å². The van der Waals surface area contributed by atoms with Gasteiger partial charge in [-0.2, -0.15) is 5.26 Å². The van der Waals surface area contributed by atoms with Crippen molar-refractivity contribution in [1.82, 2.24) is 5.32 Å². The SMILES string of the molecule is COC(=O)CCCNC(C)c1ccc(OCC#N)cc1. The molecule has 0 amide bonds. The molecule has 0 spiro atoms. The third kappa shape index (κ3) is 5.72. The third-order valence-electron chi connectivity index (χ3n) is 2.92. The van der Waals surface area contributed by atoms with Gasteiger partial charge in [0.2, 0.25) is 0 Å². The molecule has 1 aromatic rings. The topological polar surface area (TPSA) is 71.3 Å². The third-order valence-corrected chi connectivity index (χ3v) is 2.92. The summed E-state index contributed by atoms with van der Waals surface area (Å²) in [6, 6.07) is 9.74. The first-order chi connectivity index (χ1) is 9.67. The number of nitrogens with zero attached hydrogens (tertiary/aromatic N) is 1. The lowest BCUT2D eigenvalue weighted by Crippen LogP contribution is -2.20. The summed E-state index contributed by atoms with van der Waals surface area (Å²) < 4.78 is 9.78. The smallest absolute Gasteiger partial charge is 0.305 e. The number of hydrogen-bond acceptors (Lipinski definition) is 5. The molecule has 0 radical (unpaired) electrons. The van der Waals surface area contributed by atoms with Gasteiger partial charge in [0.1, 0.15) is 11.8 Å². The molecule has 0 saturated heterocycles. The number of ether oxygens (including phenoxy) is 2. The fraction of sp³-hybridized carbons (Fsp3) is 0.467. The van der Waals surface area contributed by atoms with Crippen LogP contribution in [0, 0.1) is 11.3 Å². The average Bonchev–Trinajstić information content (AvgIpc) is 2.49. The first-order valence-electron chi connectivity index (χ1n) is 6.57. The van der Waals surface area contributed by atoms with Gasteiger partial charge in [0.15, 0.2) is 6.61 Å². The fourth-order valence-corrected chi connectivity index (χ4v) is 1.74. The zero-order valence-corrected chi connectivity index (χ0v) is 11.9. The number of benzene rings is 1. The van der Waals surface area contributed by atoms with E-state index in [1.807, 2.05) is 30.3 Å². The zero-order valence-electron chi connectivity index (χ0n) is 11.9. The van der Waals surface area contributed by atoms with Crippen LogP contribution in [-0.2, 0) is 9.53 Å². The lowest BCUT2D eigenvalue weighted by Gasteiger charge is -2.14. The van der Waals surface area contributed by atoms with Gasteiger partial charge in [-0.3, -0.25) is 4.79 Å². The largest absolute Gasteiger partial charge is 0.479 e. The van der Waals surface area contributed by atoms with Crippen LogP contribution in [0.3, 0.4) is 0 Å². The molecular weight excluding hydrogens is 256 g/mol. The van der Waals surface area contributed by atoms with E-state index in [9.17, 15) is 4.79 Å². The Kier molecular flexibility index (Phi) is 7.15. The lowest BCUT2D eigenvalue weighted by atomic mass is 10.1. The van der Waals surface area contributed by atoms with E-state index in [1.54, 1.807) is 0 Å². The number of carbonyl (C=O) groups excluding carboxylic acids is 1. The van der Waals surface area contributed by atoms with Crippen LogP contribution in [0.25, 0.3) is 0 Å². The Morgan fingerprint density at radius 3 is 2.70 bits per heavy atom. The highest BCUT2D eigenvalue weighted by Crippen LogP contribution is 2.17. The number of esters is 1. The predicted molar refractivity (Wildman–Crippen MR) is 75.2 cm³/mol. The summed E-state index contributed by atoms with van der Waals surface area (Å²) in [5.74, 6) is 0.506. The molecule has 0 saturated carbocycles. The van der Waals surface area contributed by atoms with E-state index in [0.717, 1.165) is 18.5 Å². The van der Waals surface area contributed by atoms with Gasteiger partial charge in [0.05, 0.1) is 7.11 Å². The van der Waals surface area contributed by atoms with Crippen LogP contribution in [0.5, 0.6) is 5.75 Å². The highest BCUT2D eigenvalue weighted by molar-refractivity contribution is 5.69. The molecule has 0 bridgehead atoms. The Bertz CT molecular complexity index is 451. The minimum atomic E-state index is -0.182. The Morgan fingerprint density at radius 2 is 2.10 bits per heavy atom. The second kappa shape index (κ2) is 8.94.